The molecule has 2 aromatic rings. The lowest BCUT2D eigenvalue weighted by Gasteiger charge is -2.11. The van der Waals surface area contributed by atoms with Crippen LogP contribution in [0.2, 0.25) is 5.02 Å². The summed E-state index contributed by atoms with van der Waals surface area (Å²) in [5.74, 6) is -2.01. The van der Waals surface area contributed by atoms with E-state index < -0.39 is 26.6 Å². The number of rotatable bonds is 4. The van der Waals surface area contributed by atoms with Gasteiger partial charge in [0.25, 0.3) is 10.0 Å². The van der Waals surface area contributed by atoms with Crippen LogP contribution in [0.4, 0.5) is 14.5 Å². The minimum Gasteiger partial charge on any atom is -0.495 e. The Kier molecular flexibility index (Phi) is 4.34. The summed E-state index contributed by atoms with van der Waals surface area (Å²) in [6.45, 7) is 0. The predicted molar refractivity (Wildman–Crippen MR) is 75.2 cm³/mol. The lowest BCUT2D eigenvalue weighted by Crippen LogP contribution is -2.16. The number of nitrogens with one attached hydrogen (secondary N) is 1. The maximum atomic E-state index is 13.5. The molecule has 0 radical (unpaired) electrons. The van der Waals surface area contributed by atoms with Crippen molar-refractivity contribution in [1.82, 2.24) is 0 Å². The zero-order chi connectivity index (χ0) is 15.6. The van der Waals surface area contributed by atoms with Gasteiger partial charge in [0.1, 0.15) is 17.4 Å². The van der Waals surface area contributed by atoms with Gasteiger partial charge in [0, 0.05) is 0 Å². The first kappa shape index (κ1) is 15.5. The molecule has 0 atom stereocenters. The molecule has 0 aromatic heterocycles. The number of halogens is 3. The lowest BCUT2D eigenvalue weighted by atomic mass is 10.3. The third-order valence-electron chi connectivity index (χ3n) is 2.59. The SMILES string of the molecule is COc1ccc(NS(=O)(=O)c2c(F)cccc2F)cc1Cl. The monoisotopic (exact) mass is 333 g/mol. The number of hydrogen-bond acceptors (Lipinski definition) is 3. The minimum atomic E-state index is -4.41. The van der Waals surface area contributed by atoms with Gasteiger partial charge in [-0.15, -0.1) is 0 Å². The average molecular weight is 334 g/mol. The molecule has 0 aliphatic rings. The van der Waals surface area contributed by atoms with Crippen molar-refractivity contribution in [2.24, 2.45) is 0 Å². The number of hydrogen-bond donors (Lipinski definition) is 1. The van der Waals surface area contributed by atoms with E-state index in [1.165, 1.54) is 25.3 Å². The molecule has 0 spiro atoms. The third kappa shape index (κ3) is 3.25. The van der Waals surface area contributed by atoms with Crippen molar-refractivity contribution < 1.29 is 21.9 Å². The Morgan fingerprint density at radius 1 is 1.14 bits per heavy atom. The molecule has 0 saturated heterocycles. The summed E-state index contributed by atoms with van der Waals surface area (Å²) in [5.41, 5.74) is 0.0588. The van der Waals surface area contributed by atoms with E-state index in [4.69, 9.17) is 16.3 Å². The molecule has 21 heavy (non-hydrogen) atoms. The largest absolute Gasteiger partial charge is 0.495 e. The van der Waals surface area contributed by atoms with Crippen molar-refractivity contribution in [2.75, 3.05) is 11.8 Å². The van der Waals surface area contributed by atoms with Crippen LogP contribution < -0.4 is 9.46 Å². The lowest BCUT2D eigenvalue weighted by molar-refractivity contribution is 0.415. The molecule has 112 valence electrons. The molecular formula is C13H10ClF2NO3S. The zero-order valence-corrected chi connectivity index (χ0v) is 12.3. The molecule has 8 heteroatoms. The molecule has 0 fully saturated rings. The van der Waals surface area contributed by atoms with Gasteiger partial charge in [-0.2, -0.15) is 0 Å². The highest BCUT2D eigenvalue weighted by atomic mass is 35.5. The molecule has 0 aliphatic heterocycles. The Hall–Kier alpha value is -1.86. The fraction of sp³-hybridized carbons (Fsp3) is 0.0769. The molecule has 2 aromatic carbocycles. The molecule has 0 aliphatic carbocycles. The first-order valence-electron chi connectivity index (χ1n) is 5.65. The molecule has 0 amide bonds. The van der Waals surface area contributed by atoms with Crippen LogP contribution in [0, 0.1) is 11.6 Å². The second-order valence-electron chi connectivity index (χ2n) is 4.01. The van der Waals surface area contributed by atoms with Crippen molar-refractivity contribution in [1.29, 1.82) is 0 Å². The number of sulfonamides is 1. The Balaban J connectivity index is 2.40. The van der Waals surface area contributed by atoms with Crippen LogP contribution in [-0.4, -0.2) is 15.5 Å². The molecular weight excluding hydrogens is 324 g/mol. The van der Waals surface area contributed by atoms with Gasteiger partial charge >= 0.3 is 0 Å². The van der Waals surface area contributed by atoms with Crippen molar-refractivity contribution in [3.05, 3.63) is 53.1 Å². The second kappa shape index (κ2) is 5.87. The fourth-order valence-electron chi connectivity index (χ4n) is 1.68. The van der Waals surface area contributed by atoms with Crippen molar-refractivity contribution >= 4 is 27.3 Å². The minimum absolute atomic E-state index is 0.0588. The Labute approximate surface area is 125 Å². The van der Waals surface area contributed by atoms with Crippen LogP contribution in [0.1, 0.15) is 0 Å². The van der Waals surface area contributed by atoms with E-state index in [0.717, 1.165) is 18.2 Å². The highest BCUT2D eigenvalue weighted by molar-refractivity contribution is 7.92. The van der Waals surface area contributed by atoms with E-state index in [1.54, 1.807) is 0 Å². The first-order valence-corrected chi connectivity index (χ1v) is 7.51. The normalized spacial score (nSPS) is 11.2. The molecule has 1 N–H and O–H groups in total. The molecule has 4 nitrogen and oxygen atoms in total. The van der Waals surface area contributed by atoms with Crippen LogP contribution >= 0.6 is 11.6 Å². The van der Waals surface area contributed by atoms with E-state index in [2.05, 4.69) is 4.72 Å². The number of benzene rings is 2. The summed E-state index contributed by atoms with van der Waals surface area (Å²) >= 11 is 5.86. The van der Waals surface area contributed by atoms with Crippen molar-refractivity contribution in [3.8, 4) is 5.75 Å². The van der Waals surface area contributed by atoms with Crippen LogP contribution in [0.25, 0.3) is 0 Å². The second-order valence-corrected chi connectivity index (χ2v) is 6.03. The predicted octanol–water partition coefficient (Wildman–Crippen LogP) is 3.43. The average Bonchev–Trinajstić information content (AvgIpc) is 2.37. The van der Waals surface area contributed by atoms with E-state index in [9.17, 15) is 17.2 Å². The standard InChI is InChI=1S/C13H10ClF2NO3S/c1-20-12-6-5-8(7-9(12)14)17-21(18,19)13-10(15)3-2-4-11(13)16/h2-7,17H,1H3. The summed E-state index contributed by atoms with van der Waals surface area (Å²) in [7, 11) is -3.01. The number of ether oxygens (including phenoxy) is 1. The zero-order valence-electron chi connectivity index (χ0n) is 10.7. The van der Waals surface area contributed by atoms with Crippen LogP contribution in [0.5, 0.6) is 5.75 Å². The topological polar surface area (TPSA) is 55.4 Å². The number of anilines is 1. The smallest absolute Gasteiger partial charge is 0.267 e. The van der Waals surface area contributed by atoms with Gasteiger partial charge in [-0.05, 0) is 30.3 Å². The first-order chi connectivity index (χ1) is 9.85. The molecule has 0 bridgehead atoms. The van der Waals surface area contributed by atoms with E-state index in [-0.39, 0.29) is 10.7 Å². The van der Waals surface area contributed by atoms with Gasteiger partial charge < -0.3 is 4.74 Å². The Bertz CT molecular complexity index is 761. The van der Waals surface area contributed by atoms with Gasteiger partial charge in [-0.1, -0.05) is 17.7 Å². The van der Waals surface area contributed by atoms with E-state index in [1.807, 2.05) is 0 Å². The summed E-state index contributed by atoms with van der Waals surface area (Å²) in [5, 5.41) is 0.159. The van der Waals surface area contributed by atoms with E-state index in [0.29, 0.717) is 5.75 Å². The Morgan fingerprint density at radius 3 is 2.29 bits per heavy atom. The number of methoxy groups -OCH3 is 1. The molecule has 2 rings (SSSR count). The maximum absolute atomic E-state index is 13.5. The van der Waals surface area contributed by atoms with E-state index >= 15 is 0 Å². The van der Waals surface area contributed by atoms with Gasteiger partial charge in [-0.3, -0.25) is 4.72 Å². The summed E-state index contributed by atoms with van der Waals surface area (Å²) in [6.07, 6.45) is 0. The highest BCUT2D eigenvalue weighted by Gasteiger charge is 2.24. The summed E-state index contributed by atoms with van der Waals surface area (Å²) in [4.78, 5) is -1.04. The molecule has 0 unspecified atom stereocenters. The molecule has 0 heterocycles. The van der Waals surface area contributed by atoms with Gasteiger partial charge in [0.2, 0.25) is 0 Å². The molecule has 0 saturated carbocycles. The third-order valence-corrected chi connectivity index (χ3v) is 4.32. The van der Waals surface area contributed by atoms with Gasteiger partial charge in [-0.25, -0.2) is 17.2 Å². The van der Waals surface area contributed by atoms with Gasteiger partial charge in [0.05, 0.1) is 17.8 Å². The Morgan fingerprint density at radius 2 is 1.76 bits per heavy atom. The quantitative estimate of drug-likeness (QED) is 0.932. The summed E-state index contributed by atoms with van der Waals surface area (Å²) < 4.78 is 58.2. The van der Waals surface area contributed by atoms with Crippen molar-refractivity contribution in [3.63, 3.8) is 0 Å². The summed E-state index contributed by atoms with van der Waals surface area (Å²) in [6, 6.07) is 6.86. The van der Waals surface area contributed by atoms with Crippen molar-refractivity contribution in [2.45, 2.75) is 4.90 Å². The van der Waals surface area contributed by atoms with Crippen LogP contribution in [0.3, 0.4) is 0 Å². The fourth-order valence-corrected chi connectivity index (χ4v) is 3.12. The van der Waals surface area contributed by atoms with Crippen LogP contribution in [-0.2, 0) is 10.0 Å². The van der Waals surface area contributed by atoms with Gasteiger partial charge in [0.15, 0.2) is 4.90 Å². The highest BCUT2D eigenvalue weighted by Crippen LogP contribution is 2.29. The maximum Gasteiger partial charge on any atom is 0.267 e. The van der Waals surface area contributed by atoms with Crippen LogP contribution in [0.15, 0.2) is 41.3 Å².